The summed E-state index contributed by atoms with van der Waals surface area (Å²) in [4.78, 5) is 22.8. The van der Waals surface area contributed by atoms with E-state index in [0.717, 1.165) is 41.9 Å². The lowest BCUT2D eigenvalue weighted by molar-refractivity contribution is -0.137. The molecule has 0 saturated heterocycles. The minimum atomic E-state index is -0.763. The molecule has 0 unspecified atom stereocenters. The number of anilines is 3. The number of aryl methyl sites for hydroxylation is 1. The summed E-state index contributed by atoms with van der Waals surface area (Å²) in [5.74, 6) is -0.205. The number of aromatic nitrogens is 2. The van der Waals surface area contributed by atoms with Crippen LogP contribution < -0.4 is 10.2 Å². The summed E-state index contributed by atoms with van der Waals surface area (Å²) in [6.45, 7) is 7.27. The van der Waals surface area contributed by atoms with Crippen LogP contribution in [0.5, 0.6) is 0 Å². The molecule has 1 heterocycles. The number of carboxylic acids is 1. The van der Waals surface area contributed by atoms with Gasteiger partial charge in [0.15, 0.2) is 0 Å². The van der Waals surface area contributed by atoms with Crippen molar-refractivity contribution in [3.8, 4) is 0 Å². The maximum absolute atomic E-state index is 11.4. The first-order valence-corrected chi connectivity index (χ1v) is 11.8. The van der Waals surface area contributed by atoms with E-state index in [4.69, 9.17) is 0 Å². The van der Waals surface area contributed by atoms with Gasteiger partial charge < -0.3 is 15.3 Å². The Bertz CT molecular complexity index is 847. The van der Waals surface area contributed by atoms with E-state index in [1.54, 1.807) is 0 Å². The molecular weight excluding hydrogens is 388 g/mol. The molecule has 1 fully saturated rings. The van der Waals surface area contributed by atoms with E-state index in [-0.39, 0.29) is 12.3 Å². The third-order valence-corrected chi connectivity index (χ3v) is 6.43. The summed E-state index contributed by atoms with van der Waals surface area (Å²) in [7, 11) is 0. The number of nitrogens with zero attached hydrogens (tertiary/aromatic N) is 3. The van der Waals surface area contributed by atoms with E-state index >= 15 is 0 Å². The molecule has 1 saturated carbocycles. The van der Waals surface area contributed by atoms with Crippen LogP contribution in [0.1, 0.15) is 82.8 Å². The third-order valence-electron chi connectivity index (χ3n) is 6.43. The molecular formula is C25H36N4O2. The normalized spacial score (nSPS) is 15.5. The predicted octanol–water partition coefficient (Wildman–Crippen LogP) is 5.91. The molecule has 6 nitrogen and oxygen atoms in total. The second kappa shape index (κ2) is 11.1. The van der Waals surface area contributed by atoms with Crippen LogP contribution in [-0.2, 0) is 11.2 Å². The van der Waals surface area contributed by atoms with E-state index in [2.05, 4.69) is 52.2 Å². The van der Waals surface area contributed by atoms with Gasteiger partial charge in [-0.15, -0.1) is 0 Å². The average molecular weight is 425 g/mol. The highest BCUT2D eigenvalue weighted by Gasteiger charge is 2.24. The Morgan fingerprint density at radius 2 is 1.87 bits per heavy atom. The average Bonchev–Trinajstić information content (AvgIpc) is 2.80. The van der Waals surface area contributed by atoms with E-state index in [1.165, 1.54) is 32.1 Å². The quantitative estimate of drug-likeness (QED) is 0.494. The maximum Gasteiger partial charge on any atom is 0.303 e. The largest absolute Gasteiger partial charge is 0.481 e. The van der Waals surface area contributed by atoms with Crippen LogP contribution in [0.4, 0.5) is 17.3 Å². The van der Waals surface area contributed by atoms with Crippen LogP contribution in [0.15, 0.2) is 30.6 Å². The first kappa shape index (κ1) is 23.0. The number of aliphatic carboxylic acids is 1. The Hall–Kier alpha value is -2.63. The van der Waals surface area contributed by atoms with Gasteiger partial charge in [-0.05, 0) is 61.8 Å². The van der Waals surface area contributed by atoms with Gasteiger partial charge in [-0.1, -0.05) is 39.2 Å². The van der Waals surface area contributed by atoms with Crippen molar-refractivity contribution in [2.45, 2.75) is 84.1 Å². The monoisotopic (exact) mass is 424 g/mol. The zero-order valence-corrected chi connectivity index (χ0v) is 19.1. The van der Waals surface area contributed by atoms with E-state index in [9.17, 15) is 9.90 Å². The molecule has 31 heavy (non-hydrogen) atoms. The fourth-order valence-corrected chi connectivity index (χ4v) is 4.61. The minimum absolute atomic E-state index is 0.0137. The van der Waals surface area contributed by atoms with Crippen molar-refractivity contribution >= 4 is 23.3 Å². The van der Waals surface area contributed by atoms with Crippen molar-refractivity contribution in [2.24, 2.45) is 0 Å². The standard InChI is InChI=1S/C25H36N4O2/c1-4-18-16-26-25(27-17-18)28-22-14-20(19(5-2)15-24(30)31)12-13-23(22)29(6-3)21-10-8-7-9-11-21/h12-14,16-17,19,21H,4-11,15H2,1-3H3,(H,30,31)(H,26,27,28)/t19-/m0/s1. The van der Waals surface area contributed by atoms with Crippen molar-refractivity contribution < 1.29 is 9.90 Å². The molecule has 0 amide bonds. The molecule has 6 heteroatoms. The Morgan fingerprint density at radius 3 is 2.45 bits per heavy atom. The summed E-state index contributed by atoms with van der Waals surface area (Å²) in [5, 5.41) is 12.8. The number of hydrogen-bond donors (Lipinski definition) is 2. The van der Waals surface area contributed by atoms with Gasteiger partial charge in [0, 0.05) is 25.0 Å². The summed E-state index contributed by atoms with van der Waals surface area (Å²) in [6.07, 6.45) is 11.8. The maximum atomic E-state index is 11.4. The Morgan fingerprint density at radius 1 is 1.16 bits per heavy atom. The van der Waals surface area contributed by atoms with Crippen molar-refractivity contribution in [1.29, 1.82) is 0 Å². The fourth-order valence-electron chi connectivity index (χ4n) is 4.61. The molecule has 1 atom stereocenters. The number of hydrogen-bond acceptors (Lipinski definition) is 5. The topological polar surface area (TPSA) is 78.3 Å². The van der Waals surface area contributed by atoms with Crippen molar-refractivity contribution in [1.82, 2.24) is 9.97 Å². The van der Waals surface area contributed by atoms with Gasteiger partial charge >= 0.3 is 5.97 Å². The summed E-state index contributed by atoms with van der Waals surface area (Å²) < 4.78 is 0. The van der Waals surface area contributed by atoms with Gasteiger partial charge in [-0.25, -0.2) is 9.97 Å². The van der Waals surface area contributed by atoms with Gasteiger partial charge in [0.2, 0.25) is 5.95 Å². The van der Waals surface area contributed by atoms with Gasteiger partial charge in [-0.3, -0.25) is 4.79 Å². The second-order valence-electron chi connectivity index (χ2n) is 8.45. The second-order valence-corrected chi connectivity index (χ2v) is 8.45. The number of carboxylic acid groups (broad SMARTS) is 1. The number of benzene rings is 1. The van der Waals surface area contributed by atoms with Crippen LogP contribution in [0, 0.1) is 0 Å². The van der Waals surface area contributed by atoms with Crippen LogP contribution >= 0.6 is 0 Å². The number of rotatable bonds is 10. The van der Waals surface area contributed by atoms with Crippen LogP contribution in [-0.4, -0.2) is 33.6 Å². The first-order valence-electron chi connectivity index (χ1n) is 11.8. The predicted molar refractivity (Wildman–Crippen MR) is 126 cm³/mol. The van der Waals surface area contributed by atoms with Gasteiger partial charge in [0.05, 0.1) is 17.8 Å². The zero-order chi connectivity index (χ0) is 22.2. The zero-order valence-electron chi connectivity index (χ0n) is 19.1. The summed E-state index contributed by atoms with van der Waals surface area (Å²) in [5.41, 5.74) is 4.25. The third kappa shape index (κ3) is 5.96. The Labute approximate surface area is 186 Å². The molecule has 2 aromatic rings. The molecule has 1 aromatic heterocycles. The lowest BCUT2D eigenvalue weighted by Crippen LogP contribution is -2.37. The molecule has 1 aliphatic rings. The van der Waals surface area contributed by atoms with Gasteiger partial charge in [-0.2, -0.15) is 0 Å². The van der Waals surface area contributed by atoms with E-state index < -0.39 is 5.97 Å². The molecule has 0 spiro atoms. The summed E-state index contributed by atoms with van der Waals surface area (Å²) in [6, 6.07) is 6.90. The smallest absolute Gasteiger partial charge is 0.303 e. The van der Waals surface area contributed by atoms with Gasteiger partial charge in [0.25, 0.3) is 0 Å². The molecule has 168 valence electrons. The minimum Gasteiger partial charge on any atom is -0.481 e. The lowest BCUT2D eigenvalue weighted by atomic mass is 9.91. The number of carbonyl (C=O) groups is 1. The Kier molecular flexibility index (Phi) is 8.27. The highest BCUT2D eigenvalue weighted by Crippen LogP contribution is 2.36. The summed E-state index contributed by atoms with van der Waals surface area (Å²) >= 11 is 0. The van der Waals surface area contributed by atoms with Crippen molar-refractivity contribution in [3.63, 3.8) is 0 Å². The van der Waals surface area contributed by atoms with Crippen LogP contribution in [0.3, 0.4) is 0 Å². The van der Waals surface area contributed by atoms with Crippen molar-refractivity contribution in [2.75, 3.05) is 16.8 Å². The number of nitrogens with one attached hydrogen (secondary N) is 1. The molecule has 0 bridgehead atoms. The van der Waals surface area contributed by atoms with Crippen LogP contribution in [0.2, 0.25) is 0 Å². The molecule has 1 aromatic carbocycles. The Balaban J connectivity index is 1.97. The van der Waals surface area contributed by atoms with Gasteiger partial charge in [0.1, 0.15) is 0 Å². The lowest BCUT2D eigenvalue weighted by Gasteiger charge is -2.37. The van der Waals surface area contributed by atoms with E-state index in [0.29, 0.717) is 12.0 Å². The molecule has 1 aliphatic carbocycles. The van der Waals surface area contributed by atoms with Crippen LogP contribution in [0.25, 0.3) is 0 Å². The highest BCUT2D eigenvalue weighted by molar-refractivity contribution is 5.75. The molecule has 3 rings (SSSR count). The van der Waals surface area contributed by atoms with Crippen molar-refractivity contribution in [3.05, 3.63) is 41.7 Å². The molecule has 0 aliphatic heterocycles. The fraction of sp³-hybridized carbons (Fsp3) is 0.560. The molecule has 2 N–H and O–H groups in total. The highest BCUT2D eigenvalue weighted by atomic mass is 16.4. The SMILES string of the molecule is CCc1cnc(Nc2cc([C@@H](CC)CC(=O)O)ccc2N(CC)C2CCCCC2)nc1. The molecule has 0 radical (unpaired) electrons. The first-order chi connectivity index (χ1) is 15.0. The van der Waals surface area contributed by atoms with E-state index in [1.807, 2.05) is 19.3 Å².